The monoisotopic (exact) mass is 368 g/mol. The Labute approximate surface area is 160 Å². The molecule has 0 aromatic heterocycles. The van der Waals surface area contributed by atoms with Crippen molar-refractivity contribution < 1.29 is 9.22 Å². The highest BCUT2D eigenvalue weighted by Gasteiger charge is 2.54. The van der Waals surface area contributed by atoms with Gasteiger partial charge in [-0.2, -0.15) is 0 Å². The zero-order valence-electron chi connectivity index (χ0n) is 16.9. The molecule has 0 N–H and O–H groups in total. The highest BCUT2D eigenvalue weighted by atomic mass is 28.4. The molecular formula is C23H32O2Si. The van der Waals surface area contributed by atoms with Crippen LogP contribution in [0.4, 0.5) is 0 Å². The summed E-state index contributed by atoms with van der Waals surface area (Å²) in [5.41, 5.74) is 2.07. The smallest absolute Gasteiger partial charge is 0.206 e. The minimum absolute atomic E-state index is 0.114. The lowest BCUT2D eigenvalue weighted by atomic mass is 9.68. The van der Waals surface area contributed by atoms with Crippen LogP contribution in [0.25, 0.3) is 0 Å². The SMILES string of the molecule is CCCCC1=C(CCCC)C(C#Cc2ccccc2)(O[Si](C)(C)C)C1=O. The van der Waals surface area contributed by atoms with Gasteiger partial charge in [-0.1, -0.05) is 56.7 Å². The van der Waals surface area contributed by atoms with Gasteiger partial charge < -0.3 is 4.43 Å². The van der Waals surface area contributed by atoms with E-state index in [9.17, 15) is 4.79 Å². The Bertz CT molecular complexity index is 716. The van der Waals surface area contributed by atoms with Crippen LogP contribution in [0.1, 0.15) is 57.9 Å². The topological polar surface area (TPSA) is 26.3 Å². The summed E-state index contributed by atoms with van der Waals surface area (Å²) in [5, 5.41) is 0. The summed E-state index contributed by atoms with van der Waals surface area (Å²) in [6, 6.07) is 9.87. The van der Waals surface area contributed by atoms with Gasteiger partial charge in [0.15, 0.2) is 8.32 Å². The minimum Gasteiger partial charge on any atom is -0.392 e. The first-order chi connectivity index (χ1) is 12.3. The van der Waals surface area contributed by atoms with Gasteiger partial charge in [-0.05, 0) is 63.0 Å². The first-order valence-electron chi connectivity index (χ1n) is 9.89. The second-order valence-corrected chi connectivity index (χ2v) is 12.4. The van der Waals surface area contributed by atoms with E-state index in [0.717, 1.165) is 55.2 Å². The molecule has 1 unspecified atom stereocenters. The van der Waals surface area contributed by atoms with Crippen LogP contribution in [0.3, 0.4) is 0 Å². The predicted molar refractivity (Wildman–Crippen MR) is 112 cm³/mol. The number of benzene rings is 1. The van der Waals surface area contributed by atoms with Gasteiger partial charge in [-0.3, -0.25) is 4.79 Å². The Morgan fingerprint density at radius 3 is 2.19 bits per heavy atom. The fraction of sp³-hybridized carbons (Fsp3) is 0.522. The Morgan fingerprint density at radius 1 is 1.00 bits per heavy atom. The molecule has 140 valence electrons. The third-order valence-electron chi connectivity index (χ3n) is 4.56. The summed E-state index contributed by atoms with van der Waals surface area (Å²) in [7, 11) is -1.94. The number of unbranched alkanes of at least 4 members (excludes halogenated alkanes) is 2. The first-order valence-corrected chi connectivity index (χ1v) is 13.3. The van der Waals surface area contributed by atoms with Crippen molar-refractivity contribution in [3.63, 3.8) is 0 Å². The van der Waals surface area contributed by atoms with Crippen LogP contribution >= 0.6 is 0 Å². The third kappa shape index (κ3) is 4.75. The van der Waals surface area contributed by atoms with Crippen molar-refractivity contribution in [2.75, 3.05) is 0 Å². The molecule has 0 fully saturated rings. The van der Waals surface area contributed by atoms with E-state index >= 15 is 0 Å². The van der Waals surface area contributed by atoms with Crippen molar-refractivity contribution in [2.24, 2.45) is 0 Å². The normalized spacial score (nSPS) is 19.8. The highest BCUT2D eigenvalue weighted by Crippen LogP contribution is 2.44. The maximum Gasteiger partial charge on any atom is 0.206 e. The zero-order valence-corrected chi connectivity index (χ0v) is 17.9. The van der Waals surface area contributed by atoms with Crippen LogP contribution in [-0.2, 0) is 9.22 Å². The molecule has 0 heterocycles. The van der Waals surface area contributed by atoms with Gasteiger partial charge in [-0.15, -0.1) is 0 Å². The van der Waals surface area contributed by atoms with E-state index in [1.54, 1.807) is 0 Å². The van der Waals surface area contributed by atoms with E-state index in [1.165, 1.54) is 0 Å². The highest BCUT2D eigenvalue weighted by molar-refractivity contribution is 6.70. The zero-order chi connectivity index (χ0) is 19.2. The number of carbonyl (C=O) groups excluding carboxylic acids is 1. The average Bonchev–Trinajstić information content (AvgIpc) is 2.61. The minimum atomic E-state index is -1.94. The molecule has 0 saturated heterocycles. The van der Waals surface area contributed by atoms with Crippen LogP contribution in [-0.4, -0.2) is 19.7 Å². The molecule has 0 bridgehead atoms. The maximum atomic E-state index is 13.2. The van der Waals surface area contributed by atoms with Crippen LogP contribution in [0, 0.1) is 11.8 Å². The van der Waals surface area contributed by atoms with Gasteiger partial charge in [0.2, 0.25) is 11.4 Å². The molecule has 1 aliphatic carbocycles. The molecule has 1 atom stereocenters. The largest absolute Gasteiger partial charge is 0.392 e. The Kier molecular flexibility index (Phi) is 7.03. The molecule has 0 spiro atoms. The van der Waals surface area contributed by atoms with Crippen molar-refractivity contribution in [1.82, 2.24) is 0 Å². The summed E-state index contributed by atoms with van der Waals surface area (Å²) in [5.74, 6) is 6.61. The average molecular weight is 369 g/mol. The first kappa shape index (κ1) is 20.7. The molecule has 1 aromatic carbocycles. The number of carbonyl (C=O) groups is 1. The molecule has 0 saturated carbocycles. The van der Waals surface area contributed by atoms with Crippen molar-refractivity contribution >= 4 is 14.1 Å². The molecule has 26 heavy (non-hydrogen) atoms. The summed E-state index contributed by atoms with van der Waals surface area (Å²) in [6.45, 7) is 10.7. The van der Waals surface area contributed by atoms with Crippen LogP contribution in [0.5, 0.6) is 0 Å². The van der Waals surface area contributed by atoms with Gasteiger partial charge >= 0.3 is 0 Å². The summed E-state index contributed by atoms with van der Waals surface area (Å²) in [6.07, 6.45) is 6.09. The Morgan fingerprint density at radius 2 is 1.62 bits per heavy atom. The van der Waals surface area contributed by atoms with E-state index in [4.69, 9.17) is 4.43 Å². The molecule has 3 heteroatoms. The van der Waals surface area contributed by atoms with Crippen LogP contribution in [0.15, 0.2) is 41.5 Å². The summed E-state index contributed by atoms with van der Waals surface area (Å²) in [4.78, 5) is 13.2. The quantitative estimate of drug-likeness (QED) is 0.422. The molecule has 0 radical (unpaired) electrons. The molecule has 1 aromatic rings. The van der Waals surface area contributed by atoms with Crippen molar-refractivity contribution in [3.8, 4) is 11.8 Å². The fourth-order valence-corrected chi connectivity index (χ4v) is 4.53. The van der Waals surface area contributed by atoms with Gasteiger partial charge in [-0.25, -0.2) is 0 Å². The number of hydrogen-bond acceptors (Lipinski definition) is 2. The lowest BCUT2D eigenvalue weighted by Gasteiger charge is -2.44. The number of ketones is 1. The number of Topliss-reactive ketones (excluding diaryl/α,β-unsaturated/α-hetero) is 1. The predicted octanol–water partition coefficient (Wildman–Crippen LogP) is 5.89. The van der Waals surface area contributed by atoms with E-state index in [1.807, 2.05) is 30.3 Å². The summed E-state index contributed by atoms with van der Waals surface area (Å²) >= 11 is 0. The van der Waals surface area contributed by atoms with E-state index < -0.39 is 13.9 Å². The molecule has 0 amide bonds. The maximum absolute atomic E-state index is 13.2. The molecule has 0 aliphatic heterocycles. The van der Waals surface area contributed by atoms with Crippen LogP contribution < -0.4 is 0 Å². The van der Waals surface area contributed by atoms with E-state index in [-0.39, 0.29) is 5.78 Å². The Balaban J connectivity index is 2.47. The summed E-state index contributed by atoms with van der Waals surface area (Å²) < 4.78 is 6.47. The second-order valence-electron chi connectivity index (χ2n) is 8.00. The molecular weight excluding hydrogens is 336 g/mol. The van der Waals surface area contributed by atoms with Gasteiger partial charge in [0.25, 0.3) is 0 Å². The number of hydrogen-bond donors (Lipinski definition) is 0. The second kappa shape index (κ2) is 8.84. The fourth-order valence-electron chi connectivity index (χ4n) is 3.34. The van der Waals surface area contributed by atoms with Gasteiger partial charge in [0, 0.05) is 11.1 Å². The molecule has 1 aliphatic rings. The van der Waals surface area contributed by atoms with E-state index in [2.05, 4.69) is 45.3 Å². The van der Waals surface area contributed by atoms with Crippen molar-refractivity contribution in [3.05, 3.63) is 47.0 Å². The lowest BCUT2D eigenvalue weighted by molar-refractivity contribution is -0.128. The van der Waals surface area contributed by atoms with Crippen molar-refractivity contribution in [1.29, 1.82) is 0 Å². The molecule has 2 nitrogen and oxygen atoms in total. The molecule has 2 rings (SSSR count). The van der Waals surface area contributed by atoms with Crippen LogP contribution in [0.2, 0.25) is 19.6 Å². The lowest BCUT2D eigenvalue weighted by Crippen LogP contribution is -2.56. The Hall–Kier alpha value is -1.63. The standard InChI is InChI=1S/C23H32O2Si/c1-6-8-15-20-21(16-9-7-2)23(22(20)24,25-26(3,4)5)18-17-19-13-11-10-12-14-19/h10-14H,6-9,15-16H2,1-5H3. The van der Waals surface area contributed by atoms with E-state index in [0.29, 0.717) is 0 Å². The van der Waals surface area contributed by atoms with Gasteiger partial charge in [0.1, 0.15) is 0 Å². The van der Waals surface area contributed by atoms with Gasteiger partial charge in [0.05, 0.1) is 0 Å². The van der Waals surface area contributed by atoms with Crippen molar-refractivity contribution in [2.45, 2.75) is 77.6 Å². The number of rotatable bonds is 8. The third-order valence-corrected chi connectivity index (χ3v) is 5.48.